The van der Waals surface area contributed by atoms with Crippen LogP contribution in [0.25, 0.3) is 0 Å². The van der Waals surface area contributed by atoms with E-state index in [0.29, 0.717) is 0 Å². The van der Waals surface area contributed by atoms with Crippen molar-refractivity contribution in [1.82, 2.24) is 0 Å². The number of hydrogen-bond acceptors (Lipinski definition) is 1. The smallest absolute Gasteiger partial charge is 0.0114 e. The van der Waals surface area contributed by atoms with Gasteiger partial charge in [-0.25, -0.2) is 0 Å². The lowest BCUT2D eigenvalue weighted by Crippen LogP contribution is -2.36. The maximum absolute atomic E-state index is 6.97. The van der Waals surface area contributed by atoms with Crippen LogP contribution >= 0.6 is 7.41 Å². The van der Waals surface area contributed by atoms with Crippen LogP contribution in [0.5, 0.6) is 0 Å². The van der Waals surface area contributed by atoms with Crippen LogP contribution in [0.2, 0.25) is 0 Å². The van der Waals surface area contributed by atoms with E-state index < -0.39 is 7.41 Å². The molecule has 0 aliphatic carbocycles. The summed E-state index contributed by atoms with van der Waals surface area (Å²) in [5.41, 5.74) is 6.97. The Labute approximate surface area is 120 Å². The molecule has 1 radical (unpaired) electrons. The van der Waals surface area contributed by atoms with Gasteiger partial charge in [-0.3, -0.25) is 0 Å². The van der Waals surface area contributed by atoms with Crippen molar-refractivity contribution in [3.8, 4) is 0 Å². The zero-order valence-electron chi connectivity index (χ0n) is 11.2. The zero-order valence-corrected chi connectivity index (χ0v) is 12.1. The maximum atomic E-state index is 6.97. The maximum Gasteiger partial charge on any atom is 0.0114 e. The highest BCUT2D eigenvalue weighted by Gasteiger charge is 2.28. The fraction of sp³-hybridized carbons (Fsp3) is 0. The van der Waals surface area contributed by atoms with E-state index in [1.807, 2.05) is 18.2 Å². The molecule has 0 spiro atoms. The van der Waals surface area contributed by atoms with Crippen LogP contribution < -0.4 is 21.4 Å². The van der Waals surface area contributed by atoms with E-state index in [4.69, 9.17) is 5.50 Å². The van der Waals surface area contributed by atoms with Gasteiger partial charge in [0.2, 0.25) is 0 Å². The lowest BCUT2D eigenvalue weighted by molar-refractivity contribution is 1.69. The first-order valence-electron chi connectivity index (χ1n) is 6.66. The second-order valence-corrected chi connectivity index (χ2v) is 7.72. The third kappa shape index (κ3) is 2.27. The molecule has 0 saturated heterocycles. The largest absolute Gasteiger partial charge is 0.303 e. The van der Waals surface area contributed by atoms with Gasteiger partial charge in [-0.2, -0.15) is 0 Å². The molecule has 2 N–H and O–H groups in total. The Balaban J connectivity index is 2.24. The van der Waals surface area contributed by atoms with Crippen LogP contribution in [0.4, 0.5) is 0 Å². The third-order valence-electron chi connectivity index (χ3n) is 3.49. The van der Waals surface area contributed by atoms with Crippen molar-refractivity contribution < 1.29 is 0 Å². The van der Waals surface area contributed by atoms with E-state index in [0.717, 1.165) is 0 Å². The van der Waals surface area contributed by atoms with Crippen molar-refractivity contribution in [3.05, 3.63) is 91.0 Å². The summed E-state index contributed by atoms with van der Waals surface area (Å²) in [6.45, 7) is 0. The molecule has 0 heterocycles. The van der Waals surface area contributed by atoms with Crippen molar-refractivity contribution in [1.29, 1.82) is 0 Å². The Morgan fingerprint density at radius 3 is 0.950 bits per heavy atom. The van der Waals surface area contributed by atoms with E-state index in [2.05, 4.69) is 72.8 Å². The minimum absolute atomic E-state index is 1.21. The van der Waals surface area contributed by atoms with Crippen molar-refractivity contribution in [2.75, 3.05) is 0 Å². The topological polar surface area (TPSA) is 26.0 Å². The predicted molar refractivity (Wildman–Crippen MR) is 89.3 cm³/mol. The SMILES string of the molecule is N[P](c1ccccc1)(c1ccccc1)c1ccccc1. The van der Waals surface area contributed by atoms with Gasteiger partial charge >= 0.3 is 0 Å². The lowest BCUT2D eigenvalue weighted by atomic mass is 10.4. The number of nitrogens with two attached hydrogens (primary N) is 1. The molecule has 0 bridgehead atoms. The Kier molecular flexibility index (Phi) is 3.64. The first kappa shape index (κ1) is 13.1. The second-order valence-electron chi connectivity index (χ2n) is 4.73. The van der Waals surface area contributed by atoms with Gasteiger partial charge in [0.25, 0.3) is 0 Å². The van der Waals surface area contributed by atoms with Gasteiger partial charge in [-0.15, -0.1) is 0 Å². The summed E-state index contributed by atoms with van der Waals surface area (Å²) in [5, 5.41) is 3.62. The van der Waals surface area contributed by atoms with Crippen molar-refractivity contribution in [3.63, 3.8) is 0 Å². The van der Waals surface area contributed by atoms with Gasteiger partial charge in [-0.05, 0) is 15.9 Å². The molecular formula is C18H17NP. The van der Waals surface area contributed by atoms with Crippen LogP contribution in [0.1, 0.15) is 0 Å². The van der Waals surface area contributed by atoms with Gasteiger partial charge in [0.15, 0.2) is 0 Å². The molecule has 0 amide bonds. The van der Waals surface area contributed by atoms with E-state index in [-0.39, 0.29) is 0 Å². The Morgan fingerprint density at radius 1 is 0.450 bits per heavy atom. The number of benzene rings is 3. The van der Waals surface area contributed by atoms with Gasteiger partial charge in [0.05, 0.1) is 0 Å². The van der Waals surface area contributed by atoms with Crippen LogP contribution in [0, 0.1) is 0 Å². The van der Waals surface area contributed by atoms with Crippen LogP contribution in [-0.4, -0.2) is 0 Å². The summed E-state index contributed by atoms with van der Waals surface area (Å²) in [6, 6.07) is 31.2. The molecule has 99 valence electrons. The molecule has 1 nitrogen and oxygen atoms in total. The van der Waals surface area contributed by atoms with Crippen molar-refractivity contribution >= 4 is 23.3 Å². The Morgan fingerprint density at radius 2 is 0.700 bits per heavy atom. The average molecular weight is 278 g/mol. The Hall–Kier alpha value is -1.95. The lowest BCUT2D eigenvalue weighted by Gasteiger charge is -2.33. The fourth-order valence-electron chi connectivity index (χ4n) is 2.44. The minimum atomic E-state index is -2.03. The monoisotopic (exact) mass is 278 g/mol. The Bertz CT molecular complexity index is 569. The van der Waals surface area contributed by atoms with E-state index in [1.54, 1.807) is 0 Å². The van der Waals surface area contributed by atoms with Gasteiger partial charge in [-0.1, -0.05) is 91.0 Å². The molecule has 0 aliphatic rings. The van der Waals surface area contributed by atoms with E-state index >= 15 is 0 Å². The standard InChI is InChI=1S/C18H17NP/c19-20(16-10-4-1-5-11-16,17-12-6-2-7-13-17)18-14-8-3-9-15-18/h1-15H,19H2. The quantitative estimate of drug-likeness (QED) is 0.733. The van der Waals surface area contributed by atoms with Crippen LogP contribution in [0.3, 0.4) is 0 Å². The predicted octanol–water partition coefficient (Wildman–Crippen LogP) is 2.85. The summed E-state index contributed by atoms with van der Waals surface area (Å²) in [7, 11) is -2.03. The molecule has 0 atom stereocenters. The molecule has 0 aliphatic heterocycles. The molecule has 0 saturated carbocycles. The highest BCUT2D eigenvalue weighted by molar-refractivity contribution is 7.93. The van der Waals surface area contributed by atoms with E-state index in [9.17, 15) is 0 Å². The molecule has 3 aromatic rings. The van der Waals surface area contributed by atoms with Crippen LogP contribution in [0.15, 0.2) is 91.0 Å². The number of hydrogen-bond donors (Lipinski definition) is 1. The first-order valence-corrected chi connectivity index (χ1v) is 8.52. The summed E-state index contributed by atoms with van der Waals surface area (Å²) >= 11 is 0. The van der Waals surface area contributed by atoms with Gasteiger partial charge in [0.1, 0.15) is 0 Å². The molecule has 3 rings (SSSR count). The van der Waals surface area contributed by atoms with Crippen LogP contribution in [-0.2, 0) is 0 Å². The van der Waals surface area contributed by atoms with Crippen molar-refractivity contribution in [2.24, 2.45) is 5.50 Å². The highest BCUT2D eigenvalue weighted by Crippen LogP contribution is 2.46. The summed E-state index contributed by atoms with van der Waals surface area (Å²) in [4.78, 5) is 0. The molecular weight excluding hydrogens is 261 g/mol. The van der Waals surface area contributed by atoms with Gasteiger partial charge in [0, 0.05) is 7.41 Å². The second kappa shape index (κ2) is 5.58. The zero-order chi connectivity index (χ0) is 13.8. The molecule has 3 aromatic carbocycles. The normalized spacial score (nSPS) is 11.2. The molecule has 0 fully saturated rings. The van der Waals surface area contributed by atoms with E-state index in [1.165, 1.54) is 15.9 Å². The summed E-state index contributed by atoms with van der Waals surface area (Å²) in [6.07, 6.45) is 0. The summed E-state index contributed by atoms with van der Waals surface area (Å²) in [5.74, 6) is 0. The average Bonchev–Trinajstić information content (AvgIpc) is 2.56. The first-order chi connectivity index (χ1) is 9.82. The highest BCUT2D eigenvalue weighted by atomic mass is 31.2. The molecule has 0 unspecified atom stereocenters. The van der Waals surface area contributed by atoms with Crippen molar-refractivity contribution in [2.45, 2.75) is 0 Å². The fourth-order valence-corrected chi connectivity index (χ4v) is 5.26. The summed E-state index contributed by atoms with van der Waals surface area (Å²) < 4.78 is 0. The van der Waals surface area contributed by atoms with Gasteiger partial charge < -0.3 is 5.50 Å². The molecule has 2 heteroatoms. The minimum Gasteiger partial charge on any atom is -0.303 e. The number of rotatable bonds is 3. The molecule has 0 aromatic heterocycles. The third-order valence-corrected chi connectivity index (χ3v) is 6.83. The molecule has 20 heavy (non-hydrogen) atoms.